The molecule has 6 nitrogen and oxygen atoms in total. The fourth-order valence-electron chi connectivity index (χ4n) is 2.15. The molecule has 0 bridgehead atoms. The summed E-state index contributed by atoms with van der Waals surface area (Å²) in [5.41, 5.74) is 0.483. The fourth-order valence-corrected chi connectivity index (χ4v) is 2.15. The Hall–Kier alpha value is -2.24. The van der Waals surface area contributed by atoms with Gasteiger partial charge < -0.3 is 19.7 Å². The molecule has 0 spiro atoms. The van der Waals surface area contributed by atoms with Gasteiger partial charge in [0.05, 0.1) is 14.2 Å². The van der Waals surface area contributed by atoms with Crippen LogP contribution in [0.2, 0.25) is 0 Å². The van der Waals surface area contributed by atoms with Crippen LogP contribution in [0.3, 0.4) is 0 Å². The topological polar surface area (TPSA) is 67.9 Å². The Morgan fingerprint density at radius 2 is 1.82 bits per heavy atom. The molecule has 0 heterocycles. The van der Waals surface area contributed by atoms with Crippen molar-refractivity contribution in [2.45, 2.75) is 26.8 Å². The molecule has 1 aromatic rings. The molecule has 0 aliphatic rings. The standard InChI is InChI=1S/C16H24N2O4/c1-11(2)18(12(3)19)9-8-17-16(20)13-6-7-14(21-4)15(10-13)22-5/h6-7,10-11H,8-9H2,1-5H3,(H,17,20). The third-order valence-corrected chi connectivity index (χ3v) is 3.31. The van der Waals surface area contributed by atoms with Crippen molar-refractivity contribution in [3.63, 3.8) is 0 Å². The molecule has 0 aliphatic carbocycles. The molecule has 0 saturated carbocycles. The molecule has 1 rings (SSSR count). The zero-order chi connectivity index (χ0) is 16.7. The summed E-state index contributed by atoms with van der Waals surface area (Å²) < 4.78 is 10.3. The minimum Gasteiger partial charge on any atom is -0.493 e. The van der Waals surface area contributed by atoms with Gasteiger partial charge in [-0.25, -0.2) is 0 Å². The lowest BCUT2D eigenvalue weighted by molar-refractivity contribution is -0.130. The summed E-state index contributed by atoms with van der Waals surface area (Å²) in [6.45, 7) is 6.28. The van der Waals surface area contributed by atoms with Crippen molar-refractivity contribution in [2.24, 2.45) is 0 Å². The Kier molecular flexibility index (Phi) is 6.69. The van der Waals surface area contributed by atoms with Crippen LogP contribution in [-0.2, 0) is 4.79 Å². The Morgan fingerprint density at radius 3 is 2.32 bits per heavy atom. The summed E-state index contributed by atoms with van der Waals surface area (Å²) in [4.78, 5) is 25.3. The third-order valence-electron chi connectivity index (χ3n) is 3.31. The minimum atomic E-state index is -0.215. The number of hydrogen-bond donors (Lipinski definition) is 1. The predicted octanol–water partition coefficient (Wildman–Crippen LogP) is 1.69. The van der Waals surface area contributed by atoms with E-state index in [1.54, 1.807) is 30.2 Å². The van der Waals surface area contributed by atoms with Crippen molar-refractivity contribution in [1.82, 2.24) is 10.2 Å². The zero-order valence-electron chi connectivity index (χ0n) is 13.8. The van der Waals surface area contributed by atoms with Crippen LogP contribution in [-0.4, -0.2) is 50.1 Å². The second-order valence-electron chi connectivity index (χ2n) is 5.13. The van der Waals surface area contributed by atoms with Gasteiger partial charge in [0.1, 0.15) is 0 Å². The molecule has 0 atom stereocenters. The van der Waals surface area contributed by atoms with Crippen LogP contribution in [0.1, 0.15) is 31.1 Å². The number of carbonyl (C=O) groups is 2. The first-order chi connectivity index (χ1) is 10.4. The second-order valence-corrected chi connectivity index (χ2v) is 5.13. The van der Waals surface area contributed by atoms with Gasteiger partial charge in [-0.2, -0.15) is 0 Å². The molecular formula is C16H24N2O4. The number of methoxy groups -OCH3 is 2. The smallest absolute Gasteiger partial charge is 0.251 e. The van der Waals surface area contributed by atoms with Crippen LogP contribution in [0.4, 0.5) is 0 Å². The minimum absolute atomic E-state index is 0.00429. The number of ether oxygens (including phenoxy) is 2. The average molecular weight is 308 g/mol. The summed E-state index contributed by atoms with van der Waals surface area (Å²) >= 11 is 0. The van der Waals surface area contributed by atoms with Gasteiger partial charge in [-0.3, -0.25) is 9.59 Å². The maximum Gasteiger partial charge on any atom is 0.251 e. The Labute approximate surface area is 131 Å². The van der Waals surface area contributed by atoms with Crippen LogP contribution < -0.4 is 14.8 Å². The molecule has 0 aliphatic heterocycles. The monoisotopic (exact) mass is 308 g/mol. The van der Waals surface area contributed by atoms with Crippen molar-refractivity contribution >= 4 is 11.8 Å². The van der Waals surface area contributed by atoms with Crippen LogP contribution in [0.5, 0.6) is 11.5 Å². The predicted molar refractivity (Wildman–Crippen MR) is 84.4 cm³/mol. The van der Waals surface area contributed by atoms with Crippen LogP contribution in [0, 0.1) is 0 Å². The molecule has 1 N–H and O–H groups in total. The largest absolute Gasteiger partial charge is 0.493 e. The molecule has 122 valence electrons. The van der Waals surface area contributed by atoms with Gasteiger partial charge >= 0.3 is 0 Å². The van der Waals surface area contributed by atoms with Crippen molar-refractivity contribution < 1.29 is 19.1 Å². The first kappa shape index (κ1) is 17.8. The van der Waals surface area contributed by atoms with E-state index in [1.165, 1.54) is 14.0 Å². The van der Waals surface area contributed by atoms with E-state index in [-0.39, 0.29) is 17.9 Å². The van der Waals surface area contributed by atoms with Gasteiger partial charge in [-0.15, -0.1) is 0 Å². The molecule has 1 aromatic carbocycles. The quantitative estimate of drug-likeness (QED) is 0.832. The lowest BCUT2D eigenvalue weighted by atomic mass is 10.2. The van der Waals surface area contributed by atoms with Gasteiger partial charge in [0.2, 0.25) is 5.91 Å². The highest BCUT2D eigenvalue weighted by atomic mass is 16.5. The molecule has 0 fully saturated rings. The normalized spacial score (nSPS) is 10.3. The molecule has 6 heteroatoms. The van der Waals surface area contributed by atoms with E-state index in [1.807, 2.05) is 13.8 Å². The van der Waals surface area contributed by atoms with E-state index in [0.717, 1.165) is 0 Å². The highest BCUT2D eigenvalue weighted by Gasteiger charge is 2.14. The summed E-state index contributed by atoms with van der Waals surface area (Å²) in [6.07, 6.45) is 0. The van der Waals surface area contributed by atoms with Gasteiger partial charge in [-0.05, 0) is 32.0 Å². The summed E-state index contributed by atoms with van der Waals surface area (Å²) in [5, 5.41) is 2.80. The number of rotatable bonds is 7. The van der Waals surface area contributed by atoms with Gasteiger partial charge in [0, 0.05) is 31.6 Å². The van der Waals surface area contributed by atoms with Crippen molar-refractivity contribution in [3.05, 3.63) is 23.8 Å². The van der Waals surface area contributed by atoms with Gasteiger partial charge in [0.25, 0.3) is 5.91 Å². The highest BCUT2D eigenvalue weighted by molar-refractivity contribution is 5.94. The van der Waals surface area contributed by atoms with E-state index in [9.17, 15) is 9.59 Å². The molecule has 0 saturated heterocycles. The van der Waals surface area contributed by atoms with Crippen molar-refractivity contribution in [2.75, 3.05) is 27.3 Å². The fraction of sp³-hybridized carbons (Fsp3) is 0.500. The number of nitrogens with one attached hydrogen (secondary N) is 1. The number of hydrogen-bond acceptors (Lipinski definition) is 4. The molecule has 0 aromatic heterocycles. The second kappa shape index (κ2) is 8.26. The molecule has 0 radical (unpaired) electrons. The lowest BCUT2D eigenvalue weighted by Gasteiger charge is -2.25. The van der Waals surface area contributed by atoms with E-state index in [0.29, 0.717) is 30.2 Å². The molecule has 0 unspecified atom stereocenters. The van der Waals surface area contributed by atoms with Gasteiger partial charge in [-0.1, -0.05) is 0 Å². The highest BCUT2D eigenvalue weighted by Crippen LogP contribution is 2.27. The maximum absolute atomic E-state index is 12.1. The van der Waals surface area contributed by atoms with Crippen LogP contribution >= 0.6 is 0 Å². The SMILES string of the molecule is COc1ccc(C(=O)NCCN(C(C)=O)C(C)C)cc1OC. The Morgan fingerprint density at radius 1 is 1.18 bits per heavy atom. The van der Waals surface area contributed by atoms with E-state index in [2.05, 4.69) is 5.32 Å². The molecular weight excluding hydrogens is 284 g/mol. The summed E-state index contributed by atoms with van der Waals surface area (Å²) in [5.74, 6) is 0.855. The lowest BCUT2D eigenvalue weighted by Crippen LogP contribution is -2.41. The third kappa shape index (κ3) is 4.65. The van der Waals surface area contributed by atoms with Gasteiger partial charge in [0.15, 0.2) is 11.5 Å². The first-order valence-electron chi connectivity index (χ1n) is 7.18. The van der Waals surface area contributed by atoms with Crippen molar-refractivity contribution in [3.8, 4) is 11.5 Å². The van der Waals surface area contributed by atoms with Crippen molar-refractivity contribution in [1.29, 1.82) is 0 Å². The summed E-state index contributed by atoms with van der Waals surface area (Å²) in [6, 6.07) is 5.08. The van der Waals surface area contributed by atoms with E-state index >= 15 is 0 Å². The summed E-state index contributed by atoms with van der Waals surface area (Å²) in [7, 11) is 3.06. The van der Waals surface area contributed by atoms with Crippen LogP contribution in [0.15, 0.2) is 18.2 Å². The number of amides is 2. The maximum atomic E-state index is 12.1. The van der Waals surface area contributed by atoms with E-state index in [4.69, 9.17) is 9.47 Å². The van der Waals surface area contributed by atoms with Crippen LogP contribution in [0.25, 0.3) is 0 Å². The number of benzene rings is 1. The Balaban J connectivity index is 2.64. The Bertz CT molecular complexity index is 529. The first-order valence-corrected chi connectivity index (χ1v) is 7.18. The average Bonchev–Trinajstić information content (AvgIpc) is 2.49. The molecule has 22 heavy (non-hydrogen) atoms. The molecule has 2 amide bonds. The number of carbonyl (C=O) groups excluding carboxylic acids is 2. The van der Waals surface area contributed by atoms with E-state index < -0.39 is 0 Å². The zero-order valence-corrected chi connectivity index (χ0v) is 13.8. The number of nitrogens with zero attached hydrogens (tertiary/aromatic N) is 1.